The van der Waals surface area contributed by atoms with E-state index in [0.29, 0.717) is 23.9 Å². The fourth-order valence-corrected chi connectivity index (χ4v) is 3.39. The van der Waals surface area contributed by atoms with Crippen LogP contribution in [0.25, 0.3) is 0 Å². The average Bonchev–Trinajstić information content (AvgIpc) is 2.62. The van der Waals surface area contributed by atoms with Gasteiger partial charge in [-0.1, -0.05) is 11.6 Å². The van der Waals surface area contributed by atoms with Crippen LogP contribution in [0.1, 0.15) is 0 Å². The van der Waals surface area contributed by atoms with Crippen molar-refractivity contribution >= 4 is 39.1 Å². The molecule has 1 aromatic heterocycles. The molecule has 1 saturated heterocycles. The van der Waals surface area contributed by atoms with Gasteiger partial charge in [-0.05, 0) is 46.3 Å². The van der Waals surface area contributed by atoms with E-state index in [-0.39, 0.29) is 12.5 Å². The van der Waals surface area contributed by atoms with E-state index in [0.717, 1.165) is 23.2 Å². The number of rotatable bonds is 4. The van der Waals surface area contributed by atoms with Gasteiger partial charge in [-0.15, -0.1) is 0 Å². The van der Waals surface area contributed by atoms with Crippen LogP contribution in [0.4, 0.5) is 5.69 Å². The van der Waals surface area contributed by atoms with Crippen molar-refractivity contribution in [3.63, 3.8) is 0 Å². The van der Waals surface area contributed by atoms with E-state index in [1.165, 1.54) is 0 Å². The molecule has 1 aromatic carbocycles. The summed E-state index contributed by atoms with van der Waals surface area (Å²) in [5, 5.41) is 0.618. The molecule has 1 aliphatic heterocycles. The van der Waals surface area contributed by atoms with Crippen molar-refractivity contribution in [2.24, 2.45) is 0 Å². The number of anilines is 1. The van der Waals surface area contributed by atoms with E-state index in [1.807, 2.05) is 17.0 Å². The molecule has 0 saturated carbocycles. The second kappa shape index (κ2) is 7.85. The van der Waals surface area contributed by atoms with Gasteiger partial charge >= 0.3 is 0 Å². The van der Waals surface area contributed by atoms with E-state index in [1.54, 1.807) is 30.6 Å². The number of hydrogen-bond acceptors (Lipinski definition) is 4. The molecule has 0 radical (unpaired) electrons. The third-order valence-corrected chi connectivity index (χ3v) is 4.76. The second-order valence-electron chi connectivity index (χ2n) is 5.44. The lowest BCUT2D eigenvalue weighted by molar-refractivity contribution is -0.133. The number of piperazine rings is 1. The molecule has 1 amide bonds. The van der Waals surface area contributed by atoms with Gasteiger partial charge in [-0.25, -0.2) is 0 Å². The second-order valence-corrected chi connectivity index (χ2v) is 6.73. The lowest BCUT2D eigenvalue weighted by atomic mass is 10.2. The number of carbonyl (C=O) groups excluding carboxylic acids is 1. The summed E-state index contributed by atoms with van der Waals surface area (Å²) >= 11 is 9.28. The number of carbonyl (C=O) groups is 1. The van der Waals surface area contributed by atoms with Crippen LogP contribution >= 0.6 is 27.5 Å². The SMILES string of the molecule is O=C(COc1ccc(Cl)cc1Br)N1CCN(c2ccncc2)CC1. The van der Waals surface area contributed by atoms with Gasteiger partial charge in [-0.2, -0.15) is 0 Å². The molecule has 24 heavy (non-hydrogen) atoms. The fraction of sp³-hybridized carbons (Fsp3) is 0.294. The zero-order valence-electron chi connectivity index (χ0n) is 13.0. The van der Waals surface area contributed by atoms with E-state index < -0.39 is 0 Å². The van der Waals surface area contributed by atoms with Crippen LogP contribution in [-0.4, -0.2) is 48.6 Å². The summed E-state index contributed by atoms with van der Waals surface area (Å²) in [7, 11) is 0. The first-order valence-corrected chi connectivity index (χ1v) is 8.81. The highest BCUT2D eigenvalue weighted by Crippen LogP contribution is 2.28. The van der Waals surface area contributed by atoms with Gasteiger partial charge < -0.3 is 14.5 Å². The predicted octanol–water partition coefficient (Wildman–Crippen LogP) is 3.23. The standard InChI is InChI=1S/C17H17BrClN3O2/c18-15-11-13(19)1-2-16(15)24-12-17(23)22-9-7-21(8-10-22)14-3-5-20-6-4-14/h1-6,11H,7-10,12H2. The number of nitrogens with zero attached hydrogens (tertiary/aromatic N) is 3. The summed E-state index contributed by atoms with van der Waals surface area (Å²) in [6.45, 7) is 3.01. The number of benzene rings is 1. The summed E-state index contributed by atoms with van der Waals surface area (Å²) in [6, 6.07) is 9.20. The Balaban J connectivity index is 1.50. The van der Waals surface area contributed by atoms with Crippen molar-refractivity contribution in [1.82, 2.24) is 9.88 Å². The molecule has 0 N–H and O–H groups in total. The van der Waals surface area contributed by atoms with Crippen molar-refractivity contribution < 1.29 is 9.53 Å². The van der Waals surface area contributed by atoms with Crippen LogP contribution in [0.5, 0.6) is 5.75 Å². The minimum absolute atomic E-state index is 0.00812. The zero-order valence-corrected chi connectivity index (χ0v) is 15.3. The Kier molecular flexibility index (Phi) is 5.58. The maximum Gasteiger partial charge on any atom is 0.260 e. The largest absolute Gasteiger partial charge is 0.483 e. The molecule has 5 nitrogen and oxygen atoms in total. The molecule has 1 aliphatic rings. The first kappa shape index (κ1) is 17.0. The number of amides is 1. The van der Waals surface area contributed by atoms with Gasteiger partial charge in [-0.3, -0.25) is 9.78 Å². The Bertz CT molecular complexity index is 706. The molecule has 3 rings (SSSR count). The molecular weight excluding hydrogens is 394 g/mol. The molecule has 0 aliphatic carbocycles. The molecule has 0 unspecified atom stereocenters. The smallest absolute Gasteiger partial charge is 0.260 e. The molecule has 0 spiro atoms. The number of aromatic nitrogens is 1. The molecule has 2 heterocycles. The van der Waals surface area contributed by atoms with Gasteiger partial charge in [0.25, 0.3) is 5.91 Å². The van der Waals surface area contributed by atoms with Crippen LogP contribution in [0.15, 0.2) is 47.2 Å². The van der Waals surface area contributed by atoms with E-state index in [2.05, 4.69) is 25.8 Å². The Morgan fingerprint density at radius 1 is 1.17 bits per heavy atom. The molecule has 0 atom stereocenters. The highest BCUT2D eigenvalue weighted by Gasteiger charge is 2.21. The number of halogens is 2. The first-order chi connectivity index (χ1) is 11.6. The molecule has 126 valence electrons. The maximum absolute atomic E-state index is 12.3. The fourth-order valence-electron chi connectivity index (χ4n) is 2.59. The van der Waals surface area contributed by atoms with Gasteiger partial charge in [0.15, 0.2) is 6.61 Å². The molecular formula is C17H17BrClN3O2. The van der Waals surface area contributed by atoms with E-state index >= 15 is 0 Å². The van der Waals surface area contributed by atoms with Crippen molar-refractivity contribution in [2.75, 3.05) is 37.7 Å². The molecule has 0 bridgehead atoms. The van der Waals surface area contributed by atoms with Crippen molar-refractivity contribution in [3.8, 4) is 5.75 Å². The third kappa shape index (κ3) is 4.19. The number of pyridine rings is 1. The lowest BCUT2D eigenvalue weighted by Crippen LogP contribution is -2.50. The van der Waals surface area contributed by atoms with Gasteiger partial charge in [0.1, 0.15) is 5.75 Å². The minimum atomic E-state index is -0.00812. The normalized spacial score (nSPS) is 14.6. The first-order valence-electron chi connectivity index (χ1n) is 7.64. The monoisotopic (exact) mass is 409 g/mol. The third-order valence-electron chi connectivity index (χ3n) is 3.91. The molecule has 7 heteroatoms. The summed E-state index contributed by atoms with van der Waals surface area (Å²) in [4.78, 5) is 20.4. The van der Waals surface area contributed by atoms with Gasteiger partial charge in [0, 0.05) is 49.3 Å². The van der Waals surface area contributed by atoms with Crippen LogP contribution < -0.4 is 9.64 Å². The van der Waals surface area contributed by atoms with Crippen LogP contribution in [0.2, 0.25) is 5.02 Å². The molecule has 2 aromatic rings. The highest BCUT2D eigenvalue weighted by atomic mass is 79.9. The number of hydrogen-bond donors (Lipinski definition) is 0. The Labute approximate surface area is 154 Å². The maximum atomic E-state index is 12.3. The van der Waals surface area contributed by atoms with Gasteiger partial charge in [0.05, 0.1) is 4.47 Å². The quantitative estimate of drug-likeness (QED) is 0.776. The zero-order chi connectivity index (χ0) is 16.9. The summed E-state index contributed by atoms with van der Waals surface area (Å²) in [6.07, 6.45) is 3.56. The Hall–Kier alpha value is -1.79. The average molecular weight is 411 g/mol. The summed E-state index contributed by atoms with van der Waals surface area (Å²) in [5.74, 6) is 0.606. The van der Waals surface area contributed by atoms with Crippen LogP contribution in [-0.2, 0) is 4.79 Å². The minimum Gasteiger partial charge on any atom is -0.483 e. The number of ether oxygens (including phenoxy) is 1. The van der Waals surface area contributed by atoms with Gasteiger partial charge in [0.2, 0.25) is 0 Å². The van der Waals surface area contributed by atoms with Crippen LogP contribution in [0.3, 0.4) is 0 Å². The highest BCUT2D eigenvalue weighted by molar-refractivity contribution is 9.10. The van der Waals surface area contributed by atoms with E-state index in [9.17, 15) is 4.79 Å². The Morgan fingerprint density at radius 2 is 1.88 bits per heavy atom. The predicted molar refractivity (Wildman–Crippen MR) is 97.7 cm³/mol. The molecule has 1 fully saturated rings. The summed E-state index contributed by atoms with van der Waals surface area (Å²) in [5.41, 5.74) is 1.14. The lowest BCUT2D eigenvalue weighted by Gasteiger charge is -2.36. The van der Waals surface area contributed by atoms with Crippen molar-refractivity contribution in [1.29, 1.82) is 0 Å². The van der Waals surface area contributed by atoms with E-state index in [4.69, 9.17) is 16.3 Å². The van der Waals surface area contributed by atoms with Crippen LogP contribution in [0, 0.1) is 0 Å². The topological polar surface area (TPSA) is 45.7 Å². The van der Waals surface area contributed by atoms with Crippen molar-refractivity contribution in [2.45, 2.75) is 0 Å². The van der Waals surface area contributed by atoms with Crippen molar-refractivity contribution in [3.05, 3.63) is 52.2 Å². The Morgan fingerprint density at radius 3 is 2.54 bits per heavy atom. The summed E-state index contributed by atoms with van der Waals surface area (Å²) < 4.78 is 6.34.